The lowest BCUT2D eigenvalue weighted by atomic mass is 10.1. The predicted octanol–water partition coefficient (Wildman–Crippen LogP) is 2.77. The van der Waals surface area contributed by atoms with Gasteiger partial charge < -0.3 is 14.1 Å². The molecule has 4 heterocycles. The Morgan fingerprint density at radius 1 is 1.23 bits per heavy atom. The molecule has 9 heteroatoms. The maximum absolute atomic E-state index is 13.2. The fourth-order valence-corrected chi connectivity index (χ4v) is 3.23. The molecule has 0 aliphatic carbocycles. The largest absolute Gasteiger partial charge is 0.467 e. The Morgan fingerprint density at radius 3 is 2.81 bits per heavy atom. The van der Waals surface area contributed by atoms with Crippen LogP contribution in [0.15, 0.2) is 59.6 Å². The molecule has 0 saturated heterocycles. The first kappa shape index (κ1) is 20.3. The molecule has 0 aromatic carbocycles. The molecule has 4 rings (SSSR count). The Kier molecular flexibility index (Phi) is 5.74. The summed E-state index contributed by atoms with van der Waals surface area (Å²) in [6, 6.07) is 9.01. The van der Waals surface area contributed by atoms with Crippen molar-refractivity contribution in [3.05, 3.63) is 66.5 Å². The number of ether oxygens (including phenoxy) is 1. The predicted molar refractivity (Wildman–Crippen MR) is 112 cm³/mol. The van der Waals surface area contributed by atoms with Gasteiger partial charge in [-0.15, -0.1) is 0 Å². The lowest BCUT2D eigenvalue weighted by molar-refractivity contribution is -0.143. The second-order valence-corrected chi connectivity index (χ2v) is 6.88. The minimum atomic E-state index is -0.468. The molecule has 4 aromatic heterocycles. The Hall–Kier alpha value is -4.01. The van der Waals surface area contributed by atoms with E-state index in [1.165, 1.54) is 4.90 Å². The number of pyridine rings is 2. The van der Waals surface area contributed by atoms with Crippen molar-refractivity contribution >= 4 is 22.9 Å². The van der Waals surface area contributed by atoms with E-state index in [4.69, 9.17) is 14.1 Å². The van der Waals surface area contributed by atoms with Crippen LogP contribution in [0.4, 0.5) is 0 Å². The molecule has 0 saturated carbocycles. The van der Waals surface area contributed by atoms with Crippen LogP contribution < -0.4 is 0 Å². The van der Waals surface area contributed by atoms with Gasteiger partial charge in [-0.2, -0.15) is 5.10 Å². The molecule has 0 N–H and O–H groups in total. The molecule has 158 valence electrons. The second-order valence-electron chi connectivity index (χ2n) is 6.88. The van der Waals surface area contributed by atoms with Crippen LogP contribution >= 0.6 is 0 Å². The fraction of sp³-hybridized carbons (Fsp3) is 0.227. The fourth-order valence-electron chi connectivity index (χ4n) is 3.23. The van der Waals surface area contributed by atoms with E-state index in [1.807, 2.05) is 12.1 Å². The van der Waals surface area contributed by atoms with Crippen LogP contribution in [0.3, 0.4) is 0 Å². The summed E-state index contributed by atoms with van der Waals surface area (Å²) in [5, 5.41) is 5.00. The van der Waals surface area contributed by atoms with Crippen LogP contribution in [-0.4, -0.2) is 56.7 Å². The van der Waals surface area contributed by atoms with Gasteiger partial charge in [0.25, 0.3) is 5.91 Å². The molecule has 0 unspecified atom stereocenters. The zero-order valence-electron chi connectivity index (χ0n) is 17.2. The highest BCUT2D eigenvalue weighted by molar-refractivity contribution is 6.07. The van der Waals surface area contributed by atoms with Gasteiger partial charge in [0, 0.05) is 25.0 Å². The Bertz CT molecular complexity index is 1200. The molecular formula is C22H21N5O4. The number of likely N-dealkylation sites (N-methyl/N-ethyl adjacent to an activating group) is 1. The summed E-state index contributed by atoms with van der Waals surface area (Å²) in [5.74, 6) is -0.0846. The zero-order chi connectivity index (χ0) is 21.8. The van der Waals surface area contributed by atoms with E-state index in [1.54, 1.807) is 61.7 Å². The van der Waals surface area contributed by atoms with Crippen molar-refractivity contribution in [2.24, 2.45) is 0 Å². The average molecular weight is 419 g/mol. The van der Waals surface area contributed by atoms with E-state index in [0.29, 0.717) is 34.6 Å². The first-order chi connectivity index (χ1) is 15.1. The number of furan rings is 1. The Morgan fingerprint density at radius 2 is 2.10 bits per heavy atom. The number of esters is 1. The van der Waals surface area contributed by atoms with Crippen molar-refractivity contribution in [3.8, 4) is 11.3 Å². The van der Waals surface area contributed by atoms with Gasteiger partial charge in [0.2, 0.25) is 0 Å². The number of hydrogen-bond acceptors (Lipinski definition) is 7. The maximum atomic E-state index is 13.2. The summed E-state index contributed by atoms with van der Waals surface area (Å²) in [5.41, 5.74) is 2.26. The molecule has 31 heavy (non-hydrogen) atoms. The molecular weight excluding hydrogens is 398 g/mol. The highest BCUT2D eigenvalue weighted by atomic mass is 16.5. The van der Waals surface area contributed by atoms with Crippen molar-refractivity contribution < 1.29 is 18.7 Å². The topological polar surface area (TPSA) is 103 Å². The van der Waals surface area contributed by atoms with Gasteiger partial charge >= 0.3 is 5.97 Å². The molecule has 0 bridgehead atoms. The third-order valence-electron chi connectivity index (χ3n) is 4.70. The van der Waals surface area contributed by atoms with E-state index in [9.17, 15) is 9.59 Å². The van der Waals surface area contributed by atoms with Gasteiger partial charge in [-0.3, -0.25) is 14.6 Å². The van der Waals surface area contributed by atoms with Crippen molar-refractivity contribution in [2.45, 2.75) is 13.5 Å². The summed E-state index contributed by atoms with van der Waals surface area (Å²) in [4.78, 5) is 35.3. The molecule has 0 aliphatic heterocycles. The van der Waals surface area contributed by atoms with Crippen molar-refractivity contribution in [3.63, 3.8) is 0 Å². The minimum absolute atomic E-state index is 0.154. The van der Waals surface area contributed by atoms with Gasteiger partial charge in [-0.1, -0.05) is 0 Å². The molecule has 0 atom stereocenters. The zero-order valence-corrected chi connectivity index (χ0v) is 17.2. The van der Waals surface area contributed by atoms with Gasteiger partial charge in [-0.05, 0) is 37.3 Å². The minimum Gasteiger partial charge on any atom is -0.467 e. The van der Waals surface area contributed by atoms with Crippen LogP contribution in [0.2, 0.25) is 0 Å². The molecule has 0 spiro atoms. The van der Waals surface area contributed by atoms with Crippen molar-refractivity contribution in [1.29, 1.82) is 0 Å². The van der Waals surface area contributed by atoms with Gasteiger partial charge in [0.1, 0.15) is 18.8 Å². The molecule has 0 aliphatic rings. The number of hydrogen-bond donors (Lipinski definition) is 0. The SMILES string of the molecule is CCOC(=O)CN(C)C(=O)c1cc(-c2cccnc2)nc2c1cnn2Cc1ccco1. The summed E-state index contributed by atoms with van der Waals surface area (Å²) < 4.78 is 12.1. The maximum Gasteiger partial charge on any atom is 0.325 e. The van der Waals surface area contributed by atoms with Crippen molar-refractivity contribution in [2.75, 3.05) is 20.2 Å². The number of amides is 1. The first-order valence-corrected chi connectivity index (χ1v) is 9.77. The van der Waals surface area contributed by atoms with Crippen LogP contribution in [0.1, 0.15) is 23.0 Å². The molecule has 9 nitrogen and oxygen atoms in total. The number of fused-ring (bicyclic) bond motifs is 1. The number of carbonyl (C=O) groups excluding carboxylic acids is 2. The summed E-state index contributed by atoms with van der Waals surface area (Å²) in [6.45, 7) is 2.19. The standard InChI is InChI=1S/C22H21N5O4/c1-3-30-20(28)14-26(2)22(29)17-10-19(15-6-4-8-23-11-15)25-21-18(17)12-24-27(21)13-16-7-5-9-31-16/h4-12H,3,13-14H2,1-2H3. The third-order valence-corrected chi connectivity index (χ3v) is 4.70. The molecule has 4 aromatic rings. The highest BCUT2D eigenvalue weighted by Gasteiger charge is 2.22. The third kappa shape index (κ3) is 4.30. The smallest absolute Gasteiger partial charge is 0.325 e. The second kappa shape index (κ2) is 8.78. The van der Waals surface area contributed by atoms with E-state index in [0.717, 1.165) is 5.56 Å². The Balaban J connectivity index is 1.78. The Labute approximate surface area is 178 Å². The molecule has 0 fully saturated rings. The van der Waals surface area contributed by atoms with Crippen LogP contribution in [-0.2, 0) is 16.1 Å². The summed E-state index contributed by atoms with van der Waals surface area (Å²) in [6.07, 6.45) is 6.54. The quantitative estimate of drug-likeness (QED) is 0.424. The van der Waals surface area contributed by atoms with E-state index in [-0.39, 0.29) is 19.1 Å². The number of nitrogens with zero attached hydrogens (tertiary/aromatic N) is 5. The number of aromatic nitrogens is 4. The average Bonchev–Trinajstić information content (AvgIpc) is 3.44. The lowest BCUT2D eigenvalue weighted by Gasteiger charge is -2.17. The van der Waals surface area contributed by atoms with Gasteiger partial charge in [0.15, 0.2) is 5.65 Å². The van der Waals surface area contributed by atoms with Gasteiger partial charge in [-0.25, -0.2) is 9.67 Å². The lowest BCUT2D eigenvalue weighted by Crippen LogP contribution is -2.33. The van der Waals surface area contributed by atoms with Crippen molar-refractivity contribution in [1.82, 2.24) is 24.6 Å². The summed E-state index contributed by atoms with van der Waals surface area (Å²) in [7, 11) is 1.56. The highest BCUT2D eigenvalue weighted by Crippen LogP contribution is 2.26. The van der Waals surface area contributed by atoms with Crippen LogP contribution in [0.25, 0.3) is 22.3 Å². The number of rotatable bonds is 7. The molecule has 1 amide bonds. The van der Waals surface area contributed by atoms with Crippen LogP contribution in [0.5, 0.6) is 0 Å². The van der Waals surface area contributed by atoms with Crippen LogP contribution in [0, 0.1) is 0 Å². The van der Waals surface area contributed by atoms with E-state index in [2.05, 4.69) is 10.1 Å². The molecule has 0 radical (unpaired) electrons. The summed E-state index contributed by atoms with van der Waals surface area (Å²) >= 11 is 0. The van der Waals surface area contributed by atoms with Gasteiger partial charge in [0.05, 0.1) is 35.7 Å². The monoisotopic (exact) mass is 419 g/mol. The normalized spacial score (nSPS) is 10.9. The van der Waals surface area contributed by atoms with E-state index < -0.39 is 5.97 Å². The first-order valence-electron chi connectivity index (χ1n) is 9.77. The van der Waals surface area contributed by atoms with E-state index >= 15 is 0 Å². The number of carbonyl (C=O) groups is 2.